The van der Waals surface area contributed by atoms with Gasteiger partial charge in [-0.1, -0.05) is 36.4 Å². The SMILES string of the molecule is COc1ccc(-c2c(C)nn3c2NC(=O)C3CC(=O)NCc2ccccc2)cc1OC. The largest absolute Gasteiger partial charge is 0.493 e. The minimum atomic E-state index is -0.696. The minimum Gasteiger partial charge on any atom is -0.493 e. The number of carbonyl (C=O) groups is 2. The standard InChI is InChI=1S/C23H24N4O4/c1-14-21(16-9-10-18(30-2)19(11-16)31-3)22-25-23(29)17(27(22)26-14)12-20(28)24-13-15-7-5-4-6-8-15/h4-11,17H,12-13H2,1-3H3,(H,24,28)(H,25,29). The number of methoxy groups -OCH3 is 2. The van der Waals surface area contributed by atoms with Crippen molar-refractivity contribution in [1.29, 1.82) is 0 Å². The number of fused-ring (bicyclic) bond motifs is 1. The molecule has 4 rings (SSSR count). The number of nitrogens with one attached hydrogen (secondary N) is 2. The van der Waals surface area contributed by atoms with Crippen molar-refractivity contribution in [2.24, 2.45) is 0 Å². The summed E-state index contributed by atoms with van der Waals surface area (Å²) in [5, 5.41) is 10.3. The van der Waals surface area contributed by atoms with Crippen LogP contribution < -0.4 is 20.1 Å². The first kappa shape index (κ1) is 20.5. The molecule has 1 aliphatic heterocycles. The number of amides is 2. The van der Waals surface area contributed by atoms with E-state index in [2.05, 4.69) is 15.7 Å². The van der Waals surface area contributed by atoms with Gasteiger partial charge in [-0.3, -0.25) is 9.59 Å². The van der Waals surface area contributed by atoms with Crippen molar-refractivity contribution in [2.45, 2.75) is 25.9 Å². The number of ether oxygens (including phenoxy) is 2. The van der Waals surface area contributed by atoms with Gasteiger partial charge in [-0.2, -0.15) is 5.10 Å². The second kappa shape index (κ2) is 8.51. The molecular formula is C23H24N4O4. The summed E-state index contributed by atoms with van der Waals surface area (Å²) >= 11 is 0. The average Bonchev–Trinajstić information content (AvgIpc) is 3.25. The first-order valence-corrected chi connectivity index (χ1v) is 9.94. The Bertz CT molecular complexity index is 1120. The number of rotatable bonds is 7. The number of nitrogens with zero attached hydrogens (tertiary/aromatic N) is 2. The number of aryl methyl sites for hydroxylation is 1. The van der Waals surface area contributed by atoms with Crippen LogP contribution >= 0.6 is 0 Å². The second-order valence-electron chi connectivity index (χ2n) is 7.29. The van der Waals surface area contributed by atoms with Gasteiger partial charge in [0.05, 0.1) is 26.3 Å². The van der Waals surface area contributed by atoms with Crippen LogP contribution in [0, 0.1) is 6.92 Å². The third-order valence-corrected chi connectivity index (χ3v) is 5.31. The Morgan fingerprint density at radius 2 is 1.87 bits per heavy atom. The van der Waals surface area contributed by atoms with Gasteiger partial charge in [-0.05, 0) is 30.2 Å². The third-order valence-electron chi connectivity index (χ3n) is 5.31. The lowest BCUT2D eigenvalue weighted by atomic mass is 10.1. The summed E-state index contributed by atoms with van der Waals surface area (Å²) < 4.78 is 12.3. The molecule has 0 spiro atoms. The van der Waals surface area contributed by atoms with Gasteiger partial charge in [0, 0.05) is 12.1 Å². The van der Waals surface area contributed by atoms with Crippen molar-refractivity contribution in [1.82, 2.24) is 15.1 Å². The summed E-state index contributed by atoms with van der Waals surface area (Å²) in [6.45, 7) is 2.28. The number of benzene rings is 2. The number of hydrogen-bond acceptors (Lipinski definition) is 5. The Morgan fingerprint density at radius 1 is 1.13 bits per heavy atom. The van der Waals surface area contributed by atoms with Crippen molar-refractivity contribution in [3.8, 4) is 22.6 Å². The first-order valence-electron chi connectivity index (χ1n) is 9.94. The third kappa shape index (κ3) is 3.96. The fraction of sp³-hybridized carbons (Fsp3) is 0.261. The van der Waals surface area contributed by atoms with Crippen LogP contribution in [0.3, 0.4) is 0 Å². The summed E-state index contributed by atoms with van der Waals surface area (Å²) in [6, 6.07) is 14.5. The zero-order valence-corrected chi connectivity index (χ0v) is 17.6. The molecule has 31 heavy (non-hydrogen) atoms. The van der Waals surface area contributed by atoms with E-state index >= 15 is 0 Å². The van der Waals surface area contributed by atoms with Gasteiger partial charge in [0.2, 0.25) is 5.91 Å². The van der Waals surface area contributed by atoms with E-state index in [0.717, 1.165) is 22.4 Å². The van der Waals surface area contributed by atoms with Crippen LogP contribution in [-0.4, -0.2) is 35.8 Å². The lowest BCUT2D eigenvalue weighted by molar-refractivity contribution is -0.126. The summed E-state index contributed by atoms with van der Waals surface area (Å²) in [4.78, 5) is 25.1. The molecule has 8 heteroatoms. The number of hydrogen-bond donors (Lipinski definition) is 2. The highest BCUT2D eigenvalue weighted by molar-refractivity contribution is 6.03. The lowest BCUT2D eigenvalue weighted by Gasteiger charge is -2.10. The smallest absolute Gasteiger partial charge is 0.251 e. The highest BCUT2D eigenvalue weighted by Gasteiger charge is 2.36. The van der Waals surface area contributed by atoms with Crippen LogP contribution in [0.25, 0.3) is 11.1 Å². The number of aromatic nitrogens is 2. The fourth-order valence-corrected chi connectivity index (χ4v) is 3.76. The maximum atomic E-state index is 12.6. The summed E-state index contributed by atoms with van der Waals surface area (Å²) in [6.07, 6.45) is 0.0121. The lowest BCUT2D eigenvalue weighted by Crippen LogP contribution is -2.28. The maximum Gasteiger partial charge on any atom is 0.251 e. The summed E-state index contributed by atoms with van der Waals surface area (Å²) in [7, 11) is 3.15. The van der Waals surface area contributed by atoms with Gasteiger partial charge in [0.25, 0.3) is 5.91 Å². The van der Waals surface area contributed by atoms with Crippen LogP contribution in [0.5, 0.6) is 11.5 Å². The van der Waals surface area contributed by atoms with Gasteiger partial charge >= 0.3 is 0 Å². The van der Waals surface area contributed by atoms with E-state index in [9.17, 15) is 9.59 Å². The molecule has 2 aromatic carbocycles. The van der Waals surface area contributed by atoms with Gasteiger partial charge < -0.3 is 20.1 Å². The number of anilines is 1. The predicted octanol–water partition coefficient (Wildman–Crippen LogP) is 3.08. The van der Waals surface area contributed by atoms with E-state index in [1.807, 2.05) is 55.5 Å². The molecule has 1 aliphatic rings. The van der Waals surface area contributed by atoms with Crippen molar-refractivity contribution < 1.29 is 19.1 Å². The van der Waals surface area contributed by atoms with Crippen LogP contribution in [0.1, 0.15) is 23.7 Å². The molecular weight excluding hydrogens is 396 g/mol. The van der Waals surface area contributed by atoms with Gasteiger partial charge in [0.1, 0.15) is 11.9 Å². The molecule has 8 nitrogen and oxygen atoms in total. The van der Waals surface area contributed by atoms with Crippen molar-refractivity contribution in [3.63, 3.8) is 0 Å². The molecule has 0 saturated carbocycles. The van der Waals surface area contributed by atoms with E-state index in [-0.39, 0.29) is 18.2 Å². The van der Waals surface area contributed by atoms with Crippen LogP contribution in [0.15, 0.2) is 48.5 Å². The van der Waals surface area contributed by atoms with Gasteiger partial charge in [-0.15, -0.1) is 0 Å². The molecule has 2 N–H and O–H groups in total. The highest BCUT2D eigenvalue weighted by atomic mass is 16.5. The topological polar surface area (TPSA) is 94.5 Å². The molecule has 1 unspecified atom stereocenters. The Kier molecular flexibility index (Phi) is 5.62. The van der Waals surface area contributed by atoms with E-state index in [1.165, 1.54) is 0 Å². The normalized spacial score (nSPS) is 14.7. The van der Waals surface area contributed by atoms with Crippen LogP contribution in [0.2, 0.25) is 0 Å². The van der Waals surface area contributed by atoms with Crippen molar-refractivity contribution in [2.75, 3.05) is 19.5 Å². The first-order chi connectivity index (χ1) is 15.0. The van der Waals surface area contributed by atoms with Crippen molar-refractivity contribution in [3.05, 3.63) is 59.8 Å². The maximum absolute atomic E-state index is 12.6. The Balaban J connectivity index is 1.55. The van der Waals surface area contributed by atoms with Gasteiger partial charge in [-0.25, -0.2) is 4.68 Å². The molecule has 1 atom stereocenters. The fourth-order valence-electron chi connectivity index (χ4n) is 3.76. The van der Waals surface area contributed by atoms with E-state index in [4.69, 9.17) is 9.47 Å². The van der Waals surface area contributed by atoms with E-state index < -0.39 is 6.04 Å². The van der Waals surface area contributed by atoms with Crippen molar-refractivity contribution >= 4 is 17.6 Å². The predicted molar refractivity (Wildman–Crippen MR) is 116 cm³/mol. The summed E-state index contributed by atoms with van der Waals surface area (Å²) in [5.74, 6) is 1.32. The monoisotopic (exact) mass is 420 g/mol. The molecule has 0 aliphatic carbocycles. The minimum absolute atomic E-state index is 0.0121. The van der Waals surface area contributed by atoms with E-state index in [0.29, 0.717) is 23.9 Å². The molecule has 0 fully saturated rings. The Labute approximate surface area is 180 Å². The molecule has 2 heterocycles. The van der Waals surface area contributed by atoms with E-state index in [1.54, 1.807) is 18.9 Å². The molecule has 0 bridgehead atoms. The Hall–Kier alpha value is -3.81. The van der Waals surface area contributed by atoms with Crippen LogP contribution in [-0.2, 0) is 16.1 Å². The molecule has 3 aromatic rings. The zero-order valence-electron chi connectivity index (χ0n) is 17.6. The summed E-state index contributed by atoms with van der Waals surface area (Å²) in [5.41, 5.74) is 3.38. The Morgan fingerprint density at radius 3 is 2.58 bits per heavy atom. The molecule has 1 aromatic heterocycles. The molecule has 160 valence electrons. The average molecular weight is 420 g/mol. The molecule has 2 amide bonds. The highest BCUT2D eigenvalue weighted by Crippen LogP contribution is 2.41. The molecule has 0 saturated heterocycles. The van der Waals surface area contributed by atoms with Gasteiger partial charge in [0.15, 0.2) is 11.5 Å². The van der Waals surface area contributed by atoms with Crippen LogP contribution in [0.4, 0.5) is 5.82 Å². The second-order valence-corrected chi connectivity index (χ2v) is 7.29. The quantitative estimate of drug-likeness (QED) is 0.613. The zero-order chi connectivity index (χ0) is 22.0. The molecule has 0 radical (unpaired) electrons. The number of carbonyl (C=O) groups excluding carboxylic acids is 2.